The molecule has 2 aliphatic heterocycles. The van der Waals surface area contributed by atoms with Crippen LogP contribution in [-0.2, 0) is 4.74 Å². The molecule has 116 valence electrons. The minimum atomic E-state index is 0.219. The van der Waals surface area contributed by atoms with E-state index in [0.717, 1.165) is 63.0 Å². The van der Waals surface area contributed by atoms with Crippen molar-refractivity contribution in [2.24, 2.45) is 5.92 Å². The number of carbonyl (C=O) groups excluding carboxylic acids is 1. The molecule has 0 aromatic carbocycles. The third-order valence-corrected chi connectivity index (χ3v) is 5.34. The predicted octanol–water partition coefficient (Wildman–Crippen LogP) is 2.32. The molecule has 0 bridgehead atoms. The monoisotopic (exact) mass is 308 g/mol. The minimum absolute atomic E-state index is 0.219. The van der Waals surface area contributed by atoms with Crippen LogP contribution in [0.1, 0.15) is 28.9 Å². The van der Waals surface area contributed by atoms with E-state index in [-0.39, 0.29) is 5.91 Å². The van der Waals surface area contributed by atoms with E-state index in [1.807, 2.05) is 22.4 Å². The van der Waals surface area contributed by atoms with Crippen LogP contribution in [0.2, 0.25) is 0 Å². The smallest absolute Gasteiger partial charge is 0.263 e. The molecule has 2 aliphatic rings. The van der Waals surface area contributed by atoms with E-state index in [9.17, 15) is 4.79 Å². The van der Waals surface area contributed by atoms with E-state index in [2.05, 4.69) is 4.90 Å². The zero-order valence-electron chi connectivity index (χ0n) is 12.5. The lowest BCUT2D eigenvalue weighted by Crippen LogP contribution is -2.39. The lowest BCUT2D eigenvalue weighted by atomic mass is 10.00. The number of likely N-dealkylation sites (tertiary alicyclic amines) is 1. The summed E-state index contributed by atoms with van der Waals surface area (Å²) in [5.74, 6) is 0.946. The number of amides is 1. The molecule has 4 nitrogen and oxygen atoms in total. The molecule has 1 atom stereocenters. The fraction of sp³-hybridized carbons (Fsp3) is 0.688. The Morgan fingerprint density at radius 3 is 2.86 bits per heavy atom. The van der Waals surface area contributed by atoms with Crippen molar-refractivity contribution in [3.05, 3.63) is 22.4 Å². The van der Waals surface area contributed by atoms with E-state index in [1.54, 1.807) is 11.3 Å². The van der Waals surface area contributed by atoms with Gasteiger partial charge in [-0.25, -0.2) is 0 Å². The van der Waals surface area contributed by atoms with Gasteiger partial charge >= 0.3 is 0 Å². The molecule has 1 aromatic rings. The Kier molecular flexibility index (Phi) is 5.27. The molecule has 1 aromatic heterocycles. The lowest BCUT2D eigenvalue weighted by molar-refractivity contribution is 0.0296. The van der Waals surface area contributed by atoms with Gasteiger partial charge in [-0.15, -0.1) is 11.3 Å². The van der Waals surface area contributed by atoms with Crippen LogP contribution in [-0.4, -0.2) is 61.6 Å². The zero-order valence-corrected chi connectivity index (χ0v) is 13.3. The van der Waals surface area contributed by atoms with Crippen LogP contribution >= 0.6 is 11.3 Å². The molecule has 0 spiro atoms. The summed E-state index contributed by atoms with van der Waals surface area (Å²) in [6, 6.07) is 3.89. The maximum absolute atomic E-state index is 12.4. The number of hydrogen-bond donors (Lipinski definition) is 0. The highest BCUT2D eigenvalue weighted by molar-refractivity contribution is 7.12. The Bertz CT molecular complexity index is 443. The Morgan fingerprint density at radius 1 is 1.24 bits per heavy atom. The van der Waals surface area contributed by atoms with Crippen molar-refractivity contribution < 1.29 is 9.53 Å². The summed E-state index contributed by atoms with van der Waals surface area (Å²) in [4.78, 5) is 17.9. The number of rotatable bonds is 3. The first-order valence-electron chi connectivity index (χ1n) is 7.96. The Labute approximate surface area is 130 Å². The Hall–Kier alpha value is -0.910. The third-order valence-electron chi connectivity index (χ3n) is 4.49. The van der Waals surface area contributed by atoms with Crippen LogP contribution in [0.15, 0.2) is 17.5 Å². The normalized spacial score (nSPS) is 24.8. The molecule has 5 heteroatoms. The van der Waals surface area contributed by atoms with Crippen molar-refractivity contribution in [3.63, 3.8) is 0 Å². The predicted molar refractivity (Wildman–Crippen MR) is 84.8 cm³/mol. The molecule has 3 heterocycles. The van der Waals surface area contributed by atoms with Crippen molar-refractivity contribution in [1.29, 1.82) is 0 Å². The van der Waals surface area contributed by atoms with Gasteiger partial charge in [0.25, 0.3) is 5.91 Å². The molecular formula is C16H24N2O2S. The highest BCUT2D eigenvalue weighted by Crippen LogP contribution is 2.21. The molecule has 1 unspecified atom stereocenters. The molecular weight excluding hydrogens is 284 g/mol. The van der Waals surface area contributed by atoms with Gasteiger partial charge in [0.1, 0.15) is 0 Å². The van der Waals surface area contributed by atoms with Crippen molar-refractivity contribution in [3.8, 4) is 0 Å². The number of nitrogens with zero attached hydrogens (tertiary/aromatic N) is 2. The summed E-state index contributed by atoms with van der Waals surface area (Å²) >= 11 is 1.55. The summed E-state index contributed by atoms with van der Waals surface area (Å²) in [5.41, 5.74) is 0. The van der Waals surface area contributed by atoms with Crippen molar-refractivity contribution in [1.82, 2.24) is 9.80 Å². The van der Waals surface area contributed by atoms with Crippen molar-refractivity contribution in [2.45, 2.75) is 19.3 Å². The summed E-state index contributed by atoms with van der Waals surface area (Å²) in [5, 5.41) is 1.98. The van der Waals surface area contributed by atoms with Gasteiger partial charge in [0.15, 0.2) is 0 Å². The molecule has 0 radical (unpaired) electrons. The first-order chi connectivity index (χ1) is 10.3. The largest absolute Gasteiger partial charge is 0.379 e. The molecule has 21 heavy (non-hydrogen) atoms. The number of thiophene rings is 1. The van der Waals surface area contributed by atoms with Crippen molar-refractivity contribution in [2.75, 3.05) is 45.9 Å². The average Bonchev–Trinajstić information content (AvgIpc) is 2.95. The lowest BCUT2D eigenvalue weighted by Gasteiger charge is -2.30. The maximum atomic E-state index is 12.4. The number of carbonyl (C=O) groups is 1. The second-order valence-corrected chi connectivity index (χ2v) is 6.93. The standard InChI is InChI=1S/C16H24N2O2S/c19-16(15-4-2-12-21-15)18-6-1-3-14(5-7-18)13-17-8-10-20-11-9-17/h2,4,12,14H,1,3,5-11,13H2. The van der Waals surface area contributed by atoms with Crippen LogP contribution in [0.5, 0.6) is 0 Å². The van der Waals surface area contributed by atoms with Crippen LogP contribution < -0.4 is 0 Å². The van der Waals surface area contributed by atoms with Crippen LogP contribution in [0, 0.1) is 5.92 Å². The van der Waals surface area contributed by atoms with Crippen LogP contribution in [0.25, 0.3) is 0 Å². The van der Waals surface area contributed by atoms with Gasteiger partial charge in [-0.1, -0.05) is 6.07 Å². The molecule has 0 saturated carbocycles. The van der Waals surface area contributed by atoms with Crippen LogP contribution in [0.3, 0.4) is 0 Å². The fourth-order valence-corrected chi connectivity index (χ4v) is 3.95. The van der Waals surface area contributed by atoms with Gasteiger partial charge in [0.2, 0.25) is 0 Å². The van der Waals surface area contributed by atoms with E-state index in [1.165, 1.54) is 13.0 Å². The molecule has 2 saturated heterocycles. The van der Waals surface area contributed by atoms with Gasteiger partial charge in [-0.2, -0.15) is 0 Å². The van der Waals surface area contributed by atoms with Gasteiger partial charge in [-0.3, -0.25) is 9.69 Å². The summed E-state index contributed by atoms with van der Waals surface area (Å²) in [7, 11) is 0. The van der Waals surface area contributed by atoms with Gasteiger partial charge in [-0.05, 0) is 36.6 Å². The minimum Gasteiger partial charge on any atom is -0.379 e. The second kappa shape index (κ2) is 7.38. The number of hydrogen-bond acceptors (Lipinski definition) is 4. The Balaban J connectivity index is 1.50. The van der Waals surface area contributed by atoms with Gasteiger partial charge in [0, 0.05) is 32.7 Å². The summed E-state index contributed by atoms with van der Waals surface area (Å²) in [6.07, 6.45) is 3.51. The highest BCUT2D eigenvalue weighted by Gasteiger charge is 2.23. The molecule has 3 rings (SSSR count). The van der Waals surface area contributed by atoms with E-state index in [4.69, 9.17) is 4.74 Å². The summed E-state index contributed by atoms with van der Waals surface area (Å²) in [6.45, 7) is 6.86. The van der Waals surface area contributed by atoms with E-state index < -0.39 is 0 Å². The van der Waals surface area contributed by atoms with Crippen molar-refractivity contribution >= 4 is 17.2 Å². The summed E-state index contributed by atoms with van der Waals surface area (Å²) < 4.78 is 5.41. The fourth-order valence-electron chi connectivity index (χ4n) is 3.26. The quantitative estimate of drug-likeness (QED) is 0.859. The average molecular weight is 308 g/mol. The first kappa shape index (κ1) is 15.0. The van der Waals surface area contributed by atoms with E-state index >= 15 is 0 Å². The SMILES string of the molecule is O=C(c1cccs1)N1CCCC(CN2CCOCC2)CC1. The van der Waals surface area contributed by atoms with E-state index in [0.29, 0.717) is 0 Å². The van der Waals surface area contributed by atoms with Crippen LogP contribution in [0.4, 0.5) is 0 Å². The third kappa shape index (κ3) is 4.05. The van der Waals surface area contributed by atoms with Gasteiger partial charge < -0.3 is 9.64 Å². The molecule has 1 amide bonds. The molecule has 2 fully saturated rings. The maximum Gasteiger partial charge on any atom is 0.263 e. The Morgan fingerprint density at radius 2 is 2.10 bits per heavy atom. The highest BCUT2D eigenvalue weighted by atomic mass is 32.1. The molecule has 0 N–H and O–H groups in total. The first-order valence-corrected chi connectivity index (χ1v) is 8.84. The number of ether oxygens (including phenoxy) is 1. The zero-order chi connectivity index (χ0) is 14.5. The molecule has 0 aliphatic carbocycles. The second-order valence-electron chi connectivity index (χ2n) is 5.98. The van der Waals surface area contributed by atoms with Gasteiger partial charge in [0.05, 0.1) is 18.1 Å². The number of morpholine rings is 1. The topological polar surface area (TPSA) is 32.8 Å².